The Kier molecular flexibility index (Phi) is 5.61. The maximum Gasteiger partial charge on any atom is 0.254 e. The molecule has 2 aromatic rings. The molecule has 3 rings (SSSR count). The molecule has 1 fully saturated rings. The number of ether oxygens (including phenoxy) is 1. The Labute approximate surface area is 153 Å². The molecular weight excluding hydrogens is 333 g/mol. The zero-order chi connectivity index (χ0) is 18.5. The number of nitrogens with zero attached hydrogens (tertiary/aromatic N) is 2. The molecule has 5 nitrogen and oxygen atoms in total. The van der Waals surface area contributed by atoms with Crippen molar-refractivity contribution in [3.63, 3.8) is 0 Å². The van der Waals surface area contributed by atoms with E-state index in [9.17, 15) is 9.18 Å². The second kappa shape index (κ2) is 8.08. The van der Waals surface area contributed by atoms with Crippen molar-refractivity contribution < 1.29 is 13.9 Å². The van der Waals surface area contributed by atoms with E-state index < -0.39 is 0 Å². The highest BCUT2D eigenvalue weighted by Crippen LogP contribution is 2.25. The lowest BCUT2D eigenvalue weighted by Crippen LogP contribution is -2.49. The van der Waals surface area contributed by atoms with Gasteiger partial charge in [0.1, 0.15) is 11.6 Å². The number of anilines is 2. The van der Waals surface area contributed by atoms with Gasteiger partial charge in [0.05, 0.1) is 18.0 Å². The topological polar surface area (TPSA) is 58.8 Å². The summed E-state index contributed by atoms with van der Waals surface area (Å²) in [5, 5.41) is 0. The van der Waals surface area contributed by atoms with Crippen molar-refractivity contribution in [3.05, 3.63) is 53.8 Å². The summed E-state index contributed by atoms with van der Waals surface area (Å²) in [6.07, 6.45) is 0.895. The van der Waals surface area contributed by atoms with Gasteiger partial charge in [-0.2, -0.15) is 0 Å². The fourth-order valence-corrected chi connectivity index (χ4v) is 3.07. The molecule has 0 saturated carbocycles. The lowest BCUT2D eigenvalue weighted by atomic mass is 10.1. The number of carbonyl (C=O) groups is 1. The molecule has 0 spiro atoms. The van der Waals surface area contributed by atoms with E-state index in [0.717, 1.165) is 6.42 Å². The SMILES string of the molecule is CCCOc1ccc(C(=O)N2CCN(c3ccccc3F)CC2)cc1N. The Balaban J connectivity index is 1.63. The summed E-state index contributed by atoms with van der Waals surface area (Å²) in [7, 11) is 0. The third-order valence-corrected chi connectivity index (χ3v) is 4.48. The second-order valence-electron chi connectivity index (χ2n) is 6.33. The smallest absolute Gasteiger partial charge is 0.254 e. The minimum atomic E-state index is -0.234. The minimum Gasteiger partial charge on any atom is -0.491 e. The summed E-state index contributed by atoms with van der Waals surface area (Å²) in [5.41, 5.74) is 7.60. The number of nitrogens with two attached hydrogens (primary N) is 1. The summed E-state index contributed by atoms with van der Waals surface area (Å²) in [6.45, 7) is 4.90. The highest BCUT2D eigenvalue weighted by atomic mass is 19.1. The quantitative estimate of drug-likeness (QED) is 0.835. The summed E-state index contributed by atoms with van der Waals surface area (Å²) in [6, 6.07) is 11.9. The molecule has 0 atom stereocenters. The number of halogens is 1. The van der Waals surface area contributed by atoms with Crippen LogP contribution in [0.5, 0.6) is 5.75 Å². The molecule has 138 valence electrons. The van der Waals surface area contributed by atoms with Crippen LogP contribution in [0.1, 0.15) is 23.7 Å². The van der Waals surface area contributed by atoms with Gasteiger partial charge in [-0.15, -0.1) is 0 Å². The van der Waals surface area contributed by atoms with Gasteiger partial charge in [-0.1, -0.05) is 19.1 Å². The summed E-state index contributed by atoms with van der Waals surface area (Å²) < 4.78 is 19.5. The molecule has 1 aliphatic rings. The molecule has 1 saturated heterocycles. The number of nitrogen functional groups attached to an aromatic ring is 1. The normalized spacial score (nSPS) is 14.4. The van der Waals surface area contributed by atoms with Crippen LogP contribution in [0.15, 0.2) is 42.5 Å². The van der Waals surface area contributed by atoms with Crippen LogP contribution in [0.4, 0.5) is 15.8 Å². The molecule has 6 heteroatoms. The number of benzene rings is 2. The number of para-hydroxylation sites is 1. The Morgan fingerprint density at radius 1 is 1.15 bits per heavy atom. The average molecular weight is 357 g/mol. The minimum absolute atomic E-state index is 0.0630. The van der Waals surface area contributed by atoms with Gasteiger partial charge in [0.15, 0.2) is 0 Å². The number of rotatable bonds is 5. The molecule has 1 heterocycles. The molecule has 2 N–H and O–H groups in total. The number of amides is 1. The molecule has 0 aromatic heterocycles. The lowest BCUT2D eigenvalue weighted by molar-refractivity contribution is 0.0746. The van der Waals surface area contributed by atoms with Gasteiger partial charge in [-0.05, 0) is 36.8 Å². The summed E-state index contributed by atoms with van der Waals surface area (Å²) >= 11 is 0. The van der Waals surface area contributed by atoms with E-state index in [0.29, 0.717) is 55.5 Å². The zero-order valence-corrected chi connectivity index (χ0v) is 15.0. The zero-order valence-electron chi connectivity index (χ0n) is 15.0. The molecule has 0 radical (unpaired) electrons. The molecule has 26 heavy (non-hydrogen) atoms. The van der Waals surface area contributed by atoms with Gasteiger partial charge in [-0.25, -0.2) is 4.39 Å². The fourth-order valence-electron chi connectivity index (χ4n) is 3.07. The van der Waals surface area contributed by atoms with Crippen LogP contribution in [0, 0.1) is 5.82 Å². The first kappa shape index (κ1) is 18.0. The fraction of sp³-hybridized carbons (Fsp3) is 0.350. The highest BCUT2D eigenvalue weighted by molar-refractivity contribution is 5.95. The van der Waals surface area contributed by atoms with Crippen LogP contribution >= 0.6 is 0 Å². The van der Waals surface area contributed by atoms with Crippen LogP contribution < -0.4 is 15.4 Å². The van der Waals surface area contributed by atoms with Gasteiger partial charge >= 0.3 is 0 Å². The van der Waals surface area contributed by atoms with E-state index in [2.05, 4.69) is 0 Å². The van der Waals surface area contributed by atoms with E-state index in [1.165, 1.54) is 6.07 Å². The number of carbonyl (C=O) groups excluding carboxylic acids is 1. The number of hydrogen-bond acceptors (Lipinski definition) is 4. The monoisotopic (exact) mass is 357 g/mol. The first-order chi connectivity index (χ1) is 12.6. The van der Waals surface area contributed by atoms with Crippen molar-refractivity contribution in [2.24, 2.45) is 0 Å². The predicted octanol–water partition coefficient (Wildman–Crippen LogP) is 3.16. The number of hydrogen-bond donors (Lipinski definition) is 1. The standard InChI is InChI=1S/C20H24FN3O2/c1-2-13-26-19-8-7-15(14-17(19)22)20(25)24-11-9-23(10-12-24)18-6-4-3-5-16(18)21/h3-8,14H,2,9-13,22H2,1H3. The average Bonchev–Trinajstić information content (AvgIpc) is 2.67. The van der Waals surface area contributed by atoms with Gasteiger partial charge in [0.25, 0.3) is 5.91 Å². The molecule has 1 aliphatic heterocycles. The van der Waals surface area contributed by atoms with Crippen molar-refractivity contribution in [2.45, 2.75) is 13.3 Å². The molecule has 0 aliphatic carbocycles. The largest absolute Gasteiger partial charge is 0.491 e. The summed E-state index contributed by atoms with van der Waals surface area (Å²) in [4.78, 5) is 16.5. The van der Waals surface area contributed by atoms with Gasteiger partial charge in [0.2, 0.25) is 0 Å². The van der Waals surface area contributed by atoms with Crippen molar-refractivity contribution in [1.82, 2.24) is 4.90 Å². The van der Waals surface area contributed by atoms with Gasteiger partial charge in [0, 0.05) is 31.7 Å². The number of piperazine rings is 1. The molecule has 0 bridgehead atoms. The maximum absolute atomic E-state index is 13.9. The van der Waals surface area contributed by atoms with E-state index in [1.54, 1.807) is 35.2 Å². The first-order valence-electron chi connectivity index (χ1n) is 8.91. The molecule has 2 aromatic carbocycles. The second-order valence-corrected chi connectivity index (χ2v) is 6.33. The van der Waals surface area contributed by atoms with Crippen LogP contribution in [-0.4, -0.2) is 43.6 Å². The lowest BCUT2D eigenvalue weighted by Gasteiger charge is -2.36. The van der Waals surface area contributed by atoms with Crippen LogP contribution in [0.25, 0.3) is 0 Å². The van der Waals surface area contributed by atoms with E-state index in [-0.39, 0.29) is 11.7 Å². The Morgan fingerprint density at radius 3 is 2.54 bits per heavy atom. The molecule has 0 unspecified atom stereocenters. The Hall–Kier alpha value is -2.76. The predicted molar refractivity (Wildman–Crippen MR) is 101 cm³/mol. The van der Waals surface area contributed by atoms with E-state index >= 15 is 0 Å². The molecule has 1 amide bonds. The maximum atomic E-state index is 13.9. The van der Waals surface area contributed by atoms with Crippen LogP contribution in [0.2, 0.25) is 0 Å². The van der Waals surface area contributed by atoms with Gasteiger partial charge < -0.3 is 20.3 Å². The first-order valence-corrected chi connectivity index (χ1v) is 8.91. The van der Waals surface area contributed by atoms with Crippen molar-refractivity contribution in [1.29, 1.82) is 0 Å². The third kappa shape index (κ3) is 3.90. The van der Waals surface area contributed by atoms with Crippen LogP contribution in [-0.2, 0) is 0 Å². The highest BCUT2D eigenvalue weighted by Gasteiger charge is 2.24. The van der Waals surface area contributed by atoms with Crippen LogP contribution in [0.3, 0.4) is 0 Å². The van der Waals surface area contributed by atoms with Gasteiger partial charge in [-0.3, -0.25) is 4.79 Å². The van der Waals surface area contributed by atoms with E-state index in [1.807, 2.05) is 17.9 Å². The van der Waals surface area contributed by atoms with E-state index in [4.69, 9.17) is 10.5 Å². The van der Waals surface area contributed by atoms with Crippen molar-refractivity contribution in [2.75, 3.05) is 43.4 Å². The van der Waals surface area contributed by atoms with Crippen molar-refractivity contribution >= 4 is 17.3 Å². The Bertz CT molecular complexity index is 773. The summed E-state index contributed by atoms with van der Waals surface area (Å²) in [5.74, 6) is 0.308. The third-order valence-electron chi connectivity index (χ3n) is 4.48. The molecular formula is C20H24FN3O2. The van der Waals surface area contributed by atoms with Crippen molar-refractivity contribution in [3.8, 4) is 5.75 Å². The Morgan fingerprint density at radius 2 is 1.88 bits per heavy atom.